The average molecular weight is 499 g/mol. The van der Waals surface area contributed by atoms with Gasteiger partial charge in [0, 0.05) is 52.3 Å². The fourth-order valence-corrected chi connectivity index (χ4v) is 3.01. The van der Waals surface area contributed by atoms with Crippen molar-refractivity contribution in [1.29, 1.82) is 0 Å². The smallest absolute Gasteiger partial charge is 0.191 e. The van der Waals surface area contributed by atoms with Gasteiger partial charge in [-0.3, -0.25) is 4.99 Å². The molecule has 1 aromatic heterocycles. The summed E-state index contributed by atoms with van der Waals surface area (Å²) < 4.78 is 13.1. The first-order valence-corrected chi connectivity index (χ1v) is 9.51. The fourth-order valence-electron chi connectivity index (χ4n) is 3.01. The number of nitrogens with one attached hydrogen (secondary N) is 2. The summed E-state index contributed by atoms with van der Waals surface area (Å²) >= 11 is 0. The Morgan fingerprint density at radius 3 is 3.00 bits per heavy atom. The minimum Gasteiger partial charge on any atom is -0.379 e. The average Bonchev–Trinajstić information content (AvgIpc) is 3.38. The number of imidazole rings is 1. The van der Waals surface area contributed by atoms with Crippen molar-refractivity contribution in [2.75, 3.05) is 33.4 Å². The molecule has 8 heteroatoms. The first kappa shape index (κ1) is 22.6. The molecule has 0 saturated carbocycles. The highest BCUT2D eigenvalue weighted by molar-refractivity contribution is 14.0. The van der Waals surface area contributed by atoms with Crippen LogP contribution >= 0.6 is 24.0 Å². The summed E-state index contributed by atoms with van der Waals surface area (Å²) in [7, 11) is 1.79. The SMILES string of the molecule is CN=C(NCCCOC1CCOC1)NCc1cccc(Cn2ccnc2)c1.I. The number of benzene rings is 1. The molecule has 1 aromatic carbocycles. The van der Waals surface area contributed by atoms with Crippen LogP contribution in [0.5, 0.6) is 0 Å². The topological polar surface area (TPSA) is 72.7 Å². The highest BCUT2D eigenvalue weighted by atomic mass is 127. The standard InChI is InChI=1S/C20H29N5O2.HI/c1-21-20(23-7-3-10-27-19-6-11-26-15-19)24-13-17-4-2-5-18(12-17)14-25-9-8-22-16-25;/h2,4-5,8-9,12,16,19H,3,6-7,10-11,13-15H2,1H3,(H2,21,23,24);1H. The van der Waals surface area contributed by atoms with Gasteiger partial charge in [0.1, 0.15) is 0 Å². The van der Waals surface area contributed by atoms with Crippen molar-refractivity contribution in [3.05, 3.63) is 54.1 Å². The largest absolute Gasteiger partial charge is 0.379 e. The third-order valence-corrected chi connectivity index (χ3v) is 4.45. The molecule has 1 atom stereocenters. The molecule has 2 heterocycles. The molecule has 0 amide bonds. The van der Waals surface area contributed by atoms with E-state index in [1.807, 2.05) is 12.5 Å². The van der Waals surface area contributed by atoms with Crippen molar-refractivity contribution < 1.29 is 9.47 Å². The maximum Gasteiger partial charge on any atom is 0.191 e. The van der Waals surface area contributed by atoms with Crippen molar-refractivity contribution in [3.8, 4) is 0 Å². The molecule has 154 valence electrons. The van der Waals surface area contributed by atoms with Gasteiger partial charge in [-0.15, -0.1) is 24.0 Å². The molecule has 28 heavy (non-hydrogen) atoms. The normalized spacial score (nSPS) is 16.6. The van der Waals surface area contributed by atoms with Gasteiger partial charge >= 0.3 is 0 Å². The van der Waals surface area contributed by atoms with E-state index in [2.05, 4.69) is 49.4 Å². The van der Waals surface area contributed by atoms with E-state index in [1.54, 1.807) is 13.2 Å². The Morgan fingerprint density at radius 1 is 1.36 bits per heavy atom. The number of aromatic nitrogens is 2. The molecule has 1 unspecified atom stereocenters. The molecule has 3 rings (SSSR count). The van der Waals surface area contributed by atoms with E-state index in [4.69, 9.17) is 9.47 Å². The second kappa shape index (κ2) is 12.7. The molecular formula is C20H30IN5O2. The van der Waals surface area contributed by atoms with E-state index in [-0.39, 0.29) is 30.1 Å². The summed E-state index contributed by atoms with van der Waals surface area (Å²) in [6.07, 6.45) is 7.83. The molecule has 0 radical (unpaired) electrons. The summed E-state index contributed by atoms with van der Waals surface area (Å²) in [6, 6.07) is 8.54. The summed E-state index contributed by atoms with van der Waals surface area (Å²) in [5.41, 5.74) is 2.48. The van der Waals surface area contributed by atoms with Gasteiger partial charge in [0.15, 0.2) is 5.96 Å². The predicted octanol–water partition coefficient (Wildman–Crippen LogP) is 2.41. The summed E-state index contributed by atoms with van der Waals surface area (Å²) in [5, 5.41) is 6.69. The molecule has 1 aliphatic heterocycles. The summed E-state index contributed by atoms with van der Waals surface area (Å²) in [6.45, 7) is 4.68. The van der Waals surface area contributed by atoms with Gasteiger partial charge in [-0.1, -0.05) is 24.3 Å². The summed E-state index contributed by atoms with van der Waals surface area (Å²) in [5.74, 6) is 0.805. The third kappa shape index (κ3) is 7.76. The Morgan fingerprint density at radius 2 is 2.25 bits per heavy atom. The zero-order valence-electron chi connectivity index (χ0n) is 16.3. The zero-order valence-corrected chi connectivity index (χ0v) is 18.7. The number of hydrogen-bond acceptors (Lipinski definition) is 4. The fraction of sp³-hybridized carbons (Fsp3) is 0.500. The van der Waals surface area contributed by atoms with Gasteiger partial charge in [0.05, 0.1) is 19.0 Å². The summed E-state index contributed by atoms with van der Waals surface area (Å²) in [4.78, 5) is 8.37. The maximum atomic E-state index is 5.77. The Balaban J connectivity index is 0.00000280. The minimum atomic E-state index is 0. The zero-order chi connectivity index (χ0) is 18.7. The van der Waals surface area contributed by atoms with Crippen LogP contribution in [0.2, 0.25) is 0 Å². The third-order valence-electron chi connectivity index (χ3n) is 4.45. The quantitative estimate of drug-likeness (QED) is 0.240. The van der Waals surface area contributed by atoms with Gasteiger partial charge in [-0.05, 0) is 24.0 Å². The number of halogens is 1. The van der Waals surface area contributed by atoms with Crippen LogP contribution in [-0.2, 0) is 22.6 Å². The van der Waals surface area contributed by atoms with E-state index >= 15 is 0 Å². The molecular weight excluding hydrogens is 469 g/mol. The Bertz CT molecular complexity index is 702. The highest BCUT2D eigenvalue weighted by Gasteiger charge is 2.15. The number of aliphatic imine (C=N–C) groups is 1. The van der Waals surface area contributed by atoms with Crippen LogP contribution in [0.4, 0.5) is 0 Å². The Hall–Kier alpha value is -1.65. The Kier molecular flexibility index (Phi) is 10.3. The first-order chi connectivity index (χ1) is 13.3. The number of ether oxygens (including phenoxy) is 2. The molecule has 0 aliphatic carbocycles. The molecule has 1 aliphatic rings. The molecule has 1 fully saturated rings. The van der Waals surface area contributed by atoms with Crippen LogP contribution in [0.1, 0.15) is 24.0 Å². The lowest BCUT2D eigenvalue weighted by Gasteiger charge is -2.13. The van der Waals surface area contributed by atoms with E-state index in [1.165, 1.54) is 11.1 Å². The minimum absolute atomic E-state index is 0. The van der Waals surface area contributed by atoms with Gasteiger partial charge in [-0.25, -0.2) is 4.98 Å². The number of guanidine groups is 1. The predicted molar refractivity (Wildman–Crippen MR) is 121 cm³/mol. The van der Waals surface area contributed by atoms with Crippen molar-refractivity contribution >= 4 is 29.9 Å². The van der Waals surface area contributed by atoms with E-state index < -0.39 is 0 Å². The lowest BCUT2D eigenvalue weighted by molar-refractivity contribution is 0.0420. The monoisotopic (exact) mass is 499 g/mol. The lowest BCUT2D eigenvalue weighted by atomic mass is 10.1. The highest BCUT2D eigenvalue weighted by Crippen LogP contribution is 2.08. The van der Waals surface area contributed by atoms with Crippen molar-refractivity contribution in [2.24, 2.45) is 4.99 Å². The molecule has 0 spiro atoms. The van der Waals surface area contributed by atoms with Gasteiger partial charge in [-0.2, -0.15) is 0 Å². The van der Waals surface area contributed by atoms with Crippen LogP contribution in [0.25, 0.3) is 0 Å². The first-order valence-electron chi connectivity index (χ1n) is 9.51. The molecule has 7 nitrogen and oxygen atoms in total. The maximum absolute atomic E-state index is 5.77. The van der Waals surface area contributed by atoms with Crippen LogP contribution < -0.4 is 10.6 Å². The van der Waals surface area contributed by atoms with Crippen molar-refractivity contribution in [1.82, 2.24) is 20.2 Å². The van der Waals surface area contributed by atoms with Crippen molar-refractivity contribution in [3.63, 3.8) is 0 Å². The molecule has 1 saturated heterocycles. The number of rotatable bonds is 9. The molecule has 2 aromatic rings. The van der Waals surface area contributed by atoms with Gasteiger partial charge in [0.2, 0.25) is 0 Å². The lowest BCUT2D eigenvalue weighted by Crippen LogP contribution is -2.37. The molecule has 2 N–H and O–H groups in total. The molecule has 0 bridgehead atoms. The van der Waals surface area contributed by atoms with Crippen LogP contribution in [-0.4, -0.2) is 55.0 Å². The number of nitrogens with zero attached hydrogens (tertiary/aromatic N) is 3. The van der Waals surface area contributed by atoms with Gasteiger partial charge < -0.3 is 24.7 Å². The van der Waals surface area contributed by atoms with Crippen molar-refractivity contribution in [2.45, 2.75) is 32.0 Å². The van der Waals surface area contributed by atoms with Gasteiger partial charge in [0.25, 0.3) is 0 Å². The van der Waals surface area contributed by atoms with Crippen LogP contribution in [0.15, 0.2) is 48.0 Å². The van der Waals surface area contributed by atoms with E-state index in [9.17, 15) is 0 Å². The number of hydrogen-bond donors (Lipinski definition) is 2. The van der Waals surface area contributed by atoms with E-state index in [0.717, 1.165) is 58.3 Å². The Labute approximate surface area is 184 Å². The van der Waals surface area contributed by atoms with E-state index in [0.29, 0.717) is 0 Å². The second-order valence-corrected chi connectivity index (χ2v) is 6.62. The van der Waals surface area contributed by atoms with Crippen LogP contribution in [0, 0.1) is 0 Å². The second-order valence-electron chi connectivity index (χ2n) is 6.62. The van der Waals surface area contributed by atoms with Crippen LogP contribution in [0.3, 0.4) is 0 Å².